The van der Waals surface area contributed by atoms with E-state index >= 15 is 0 Å². The lowest BCUT2D eigenvalue weighted by Gasteiger charge is -2.14. The lowest BCUT2D eigenvalue weighted by Crippen LogP contribution is -2.13. The summed E-state index contributed by atoms with van der Waals surface area (Å²) in [5, 5.41) is 0.470. The van der Waals surface area contributed by atoms with Crippen molar-refractivity contribution >= 4 is 22.6 Å². The Kier molecular flexibility index (Phi) is 3.57. The number of carbonyl (C=O) groups excluding carboxylic acids is 1. The number of pyridine rings is 1. The molecular weight excluding hydrogens is 266 g/mol. The first-order chi connectivity index (χ1) is 9.38. The first-order valence-corrected chi connectivity index (χ1v) is 5.94. The minimum Gasteiger partial charge on any atom is -0.465 e. The van der Waals surface area contributed by atoms with E-state index in [1.54, 1.807) is 19.1 Å². The van der Waals surface area contributed by atoms with Crippen molar-refractivity contribution in [3.63, 3.8) is 0 Å². The number of halogens is 2. The quantitative estimate of drug-likeness (QED) is 0.858. The third kappa shape index (κ3) is 2.07. The maximum atomic E-state index is 13.1. The standard InChI is InChI=1S/C14H14F2N2O2/c1-6-4-5-8-10(17)9(14(19)20-3)12(13(15)16)18-11(8)7(6)2/h4-5,13H,1-3H3,(H2,17,18). The van der Waals surface area contributed by atoms with Crippen molar-refractivity contribution in [1.82, 2.24) is 4.98 Å². The predicted octanol–water partition coefficient (Wildman–Crippen LogP) is 3.16. The van der Waals surface area contributed by atoms with Gasteiger partial charge < -0.3 is 10.5 Å². The number of alkyl halides is 2. The molecule has 0 aliphatic rings. The fraction of sp³-hybridized carbons (Fsp3) is 0.286. The van der Waals surface area contributed by atoms with E-state index in [4.69, 9.17) is 5.73 Å². The van der Waals surface area contributed by atoms with Gasteiger partial charge >= 0.3 is 5.97 Å². The van der Waals surface area contributed by atoms with Crippen LogP contribution in [0.4, 0.5) is 14.5 Å². The van der Waals surface area contributed by atoms with Crippen LogP contribution in [0.15, 0.2) is 12.1 Å². The molecule has 1 aromatic heterocycles. The van der Waals surface area contributed by atoms with Gasteiger partial charge in [-0.1, -0.05) is 12.1 Å². The zero-order chi connectivity index (χ0) is 15.0. The van der Waals surface area contributed by atoms with Crippen molar-refractivity contribution < 1.29 is 18.3 Å². The molecular formula is C14H14F2N2O2. The molecule has 4 nitrogen and oxygen atoms in total. The second-order valence-corrected chi connectivity index (χ2v) is 4.48. The van der Waals surface area contributed by atoms with Crippen LogP contribution in [0.3, 0.4) is 0 Å². The monoisotopic (exact) mass is 280 g/mol. The number of nitrogens with zero attached hydrogens (tertiary/aromatic N) is 1. The highest BCUT2D eigenvalue weighted by Crippen LogP contribution is 2.33. The summed E-state index contributed by atoms with van der Waals surface area (Å²) in [4.78, 5) is 15.6. The molecule has 0 aliphatic heterocycles. The third-order valence-corrected chi connectivity index (χ3v) is 3.35. The summed E-state index contributed by atoms with van der Waals surface area (Å²) in [6.07, 6.45) is -2.91. The second-order valence-electron chi connectivity index (χ2n) is 4.48. The number of ether oxygens (including phenoxy) is 1. The van der Waals surface area contributed by atoms with Gasteiger partial charge in [0.05, 0.1) is 18.3 Å². The SMILES string of the molecule is COC(=O)c1c(C(F)F)nc2c(C)c(C)ccc2c1N. The van der Waals surface area contributed by atoms with E-state index in [1.807, 2.05) is 6.92 Å². The van der Waals surface area contributed by atoms with Crippen molar-refractivity contribution in [3.8, 4) is 0 Å². The highest BCUT2D eigenvalue weighted by atomic mass is 19.3. The first kappa shape index (κ1) is 14.2. The van der Waals surface area contributed by atoms with Crippen LogP contribution >= 0.6 is 0 Å². The Morgan fingerprint density at radius 2 is 2.00 bits per heavy atom. The molecule has 0 atom stereocenters. The highest BCUT2D eigenvalue weighted by Gasteiger charge is 2.26. The lowest BCUT2D eigenvalue weighted by molar-refractivity contribution is 0.0589. The minimum atomic E-state index is -2.91. The van der Waals surface area contributed by atoms with E-state index < -0.39 is 18.1 Å². The zero-order valence-electron chi connectivity index (χ0n) is 11.3. The van der Waals surface area contributed by atoms with Gasteiger partial charge in [0.1, 0.15) is 11.3 Å². The maximum Gasteiger partial charge on any atom is 0.342 e. The summed E-state index contributed by atoms with van der Waals surface area (Å²) < 4.78 is 30.8. The molecule has 1 heterocycles. The summed E-state index contributed by atoms with van der Waals surface area (Å²) >= 11 is 0. The number of aromatic nitrogens is 1. The number of benzene rings is 1. The number of anilines is 1. The van der Waals surface area contributed by atoms with Crippen molar-refractivity contribution in [2.24, 2.45) is 0 Å². The molecule has 106 valence electrons. The molecule has 2 aromatic rings. The van der Waals surface area contributed by atoms with Crippen LogP contribution in [-0.2, 0) is 4.74 Å². The molecule has 0 fully saturated rings. The second kappa shape index (κ2) is 5.03. The normalized spacial score (nSPS) is 11.1. The Morgan fingerprint density at radius 1 is 1.35 bits per heavy atom. The molecule has 20 heavy (non-hydrogen) atoms. The molecule has 2 rings (SSSR count). The fourth-order valence-electron chi connectivity index (χ4n) is 2.09. The van der Waals surface area contributed by atoms with Crippen molar-refractivity contribution in [3.05, 3.63) is 34.5 Å². The van der Waals surface area contributed by atoms with Gasteiger partial charge in [0.25, 0.3) is 6.43 Å². The van der Waals surface area contributed by atoms with Crippen molar-refractivity contribution in [2.45, 2.75) is 20.3 Å². The number of aryl methyl sites for hydroxylation is 2. The molecule has 0 spiro atoms. The van der Waals surface area contributed by atoms with Crippen molar-refractivity contribution in [2.75, 3.05) is 12.8 Å². The predicted molar refractivity (Wildman–Crippen MR) is 71.9 cm³/mol. The summed E-state index contributed by atoms with van der Waals surface area (Å²) in [7, 11) is 1.11. The minimum absolute atomic E-state index is 0.0275. The van der Waals surface area contributed by atoms with Crippen LogP contribution in [0.2, 0.25) is 0 Å². The largest absolute Gasteiger partial charge is 0.465 e. The molecule has 0 amide bonds. The Hall–Kier alpha value is -2.24. The number of carbonyl (C=O) groups is 1. The van der Waals surface area contributed by atoms with Crippen LogP contribution in [-0.4, -0.2) is 18.1 Å². The summed E-state index contributed by atoms with van der Waals surface area (Å²) in [5.74, 6) is -0.912. The average Bonchev–Trinajstić information content (AvgIpc) is 2.41. The van der Waals surface area contributed by atoms with E-state index in [-0.39, 0.29) is 11.3 Å². The highest BCUT2D eigenvalue weighted by molar-refractivity contribution is 6.06. The van der Waals surface area contributed by atoms with Gasteiger partial charge in [0, 0.05) is 5.39 Å². The Labute approximate surface area is 114 Å². The van der Waals surface area contributed by atoms with Crippen LogP contribution in [0, 0.1) is 13.8 Å². The Balaban J connectivity index is 2.93. The smallest absolute Gasteiger partial charge is 0.342 e. The maximum absolute atomic E-state index is 13.1. The number of hydrogen-bond donors (Lipinski definition) is 1. The average molecular weight is 280 g/mol. The van der Waals surface area contributed by atoms with E-state index in [0.29, 0.717) is 10.9 Å². The topological polar surface area (TPSA) is 65.2 Å². The lowest BCUT2D eigenvalue weighted by atomic mass is 10.0. The Bertz CT molecular complexity index is 699. The summed E-state index contributed by atoms with van der Waals surface area (Å²) in [6.45, 7) is 3.63. The Morgan fingerprint density at radius 3 is 2.55 bits per heavy atom. The van der Waals surface area contributed by atoms with Gasteiger partial charge in [-0.15, -0.1) is 0 Å². The summed E-state index contributed by atoms with van der Waals surface area (Å²) in [6, 6.07) is 3.47. The van der Waals surface area contributed by atoms with Gasteiger partial charge in [0.15, 0.2) is 0 Å². The van der Waals surface area contributed by atoms with E-state index in [2.05, 4.69) is 9.72 Å². The van der Waals surface area contributed by atoms with Crippen molar-refractivity contribution in [1.29, 1.82) is 0 Å². The van der Waals surface area contributed by atoms with Gasteiger partial charge in [-0.25, -0.2) is 18.6 Å². The molecule has 0 unspecified atom stereocenters. The van der Waals surface area contributed by atoms with Crippen LogP contribution in [0.25, 0.3) is 10.9 Å². The van der Waals surface area contributed by atoms with E-state index in [9.17, 15) is 13.6 Å². The number of nitrogens with two attached hydrogens (primary N) is 1. The third-order valence-electron chi connectivity index (χ3n) is 3.35. The number of fused-ring (bicyclic) bond motifs is 1. The molecule has 0 saturated heterocycles. The molecule has 0 aliphatic carbocycles. The van der Waals surface area contributed by atoms with Crippen LogP contribution in [0.1, 0.15) is 33.6 Å². The number of rotatable bonds is 2. The molecule has 0 radical (unpaired) electrons. The van der Waals surface area contributed by atoms with Gasteiger partial charge in [-0.3, -0.25) is 0 Å². The van der Waals surface area contributed by atoms with E-state index in [1.165, 1.54) is 0 Å². The molecule has 0 saturated carbocycles. The molecule has 1 aromatic carbocycles. The van der Waals surface area contributed by atoms with Gasteiger partial charge in [-0.2, -0.15) is 0 Å². The summed E-state index contributed by atoms with van der Waals surface area (Å²) in [5.41, 5.74) is 6.90. The van der Waals surface area contributed by atoms with Crippen LogP contribution in [0.5, 0.6) is 0 Å². The van der Waals surface area contributed by atoms with Gasteiger partial charge in [0.2, 0.25) is 0 Å². The fourth-order valence-corrected chi connectivity index (χ4v) is 2.09. The number of methoxy groups -OCH3 is 1. The first-order valence-electron chi connectivity index (χ1n) is 5.94. The number of nitrogen functional groups attached to an aromatic ring is 1. The molecule has 2 N–H and O–H groups in total. The number of esters is 1. The zero-order valence-corrected chi connectivity index (χ0v) is 11.3. The molecule has 6 heteroatoms. The van der Waals surface area contributed by atoms with E-state index in [0.717, 1.165) is 18.2 Å². The van der Waals surface area contributed by atoms with Crippen LogP contribution < -0.4 is 5.73 Å². The number of hydrogen-bond acceptors (Lipinski definition) is 4. The van der Waals surface area contributed by atoms with Gasteiger partial charge in [-0.05, 0) is 25.0 Å². The molecule has 0 bridgehead atoms.